The Morgan fingerprint density at radius 3 is 2.95 bits per heavy atom. The Morgan fingerprint density at radius 2 is 2.26 bits per heavy atom. The molecule has 0 aliphatic rings. The van der Waals surface area contributed by atoms with Gasteiger partial charge in [0.05, 0.1) is 12.8 Å². The van der Waals surface area contributed by atoms with Gasteiger partial charge in [-0.3, -0.25) is 4.68 Å². The summed E-state index contributed by atoms with van der Waals surface area (Å²) >= 11 is 1.75. The number of benzene rings is 1. The standard InChI is InChI=1S/C14H19N3OS/c1-3-18-12-4-5-13(15)14(8-12)19-7-6-11-9-16-17(2)10-11/h4-5,8-10H,3,6-7,15H2,1-2H3. The van der Waals surface area contributed by atoms with Gasteiger partial charge in [-0.25, -0.2) is 0 Å². The SMILES string of the molecule is CCOc1ccc(N)c(SCCc2cnn(C)c2)c1. The number of aryl methyl sites for hydroxylation is 2. The van der Waals surface area contributed by atoms with Crippen LogP contribution in [-0.4, -0.2) is 22.1 Å². The van der Waals surface area contributed by atoms with Crippen molar-refractivity contribution in [1.82, 2.24) is 9.78 Å². The van der Waals surface area contributed by atoms with E-state index in [4.69, 9.17) is 10.5 Å². The summed E-state index contributed by atoms with van der Waals surface area (Å²) in [7, 11) is 1.93. The summed E-state index contributed by atoms with van der Waals surface area (Å²) in [5.41, 5.74) is 8.03. The summed E-state index contributed by atoms with van der Waals surface area (Å²) in [6, 6.07) is 5.81. The largest absolute Gasteiger partial charge is 0.494 e. The molecule has 5 heteroatoms. The predicted octanol–water partition coefficient (Wildman–Crippen LogP) is 2.74. The van der Waals surface area contributed by atoms with Gasteiger partial charge in [-0.2, -0.15) is 5.10 Å². The maximum atomic E-state index is 5.98. The maximum absolute atomic E-state index is 5.98. The Bertz CT molecular complexity index is 539. The lowest BCUT2D eigenvalue weighted by atomic mass is 10.3. The van der Waals surface area contributed by atoms with Gasteiger partial charge in [0.2, 0.25) is 0 Å². The van der Waals surface area contributed by atoms with Crippen LogP contribution in [0.1, 0.15) is 12.5 Å². The molecule has 0 amide bonds. The molecule has 2 N–H and O–H groups in total. The van der Waals surface area contributed by atoms with Crippen molar-refractivity contribution < 1.29 is 4.74 Å². The van der Waals surface area contributed by atoms with Crippen molar-refractivity contribution in [1.29, 1.82) is 0 Å². The van der Waals surface area contributed by atoms with E-state index in [1.54, 1.807) is 11.8 Å². The zero-order chi connectivity index (χ0) is 13.7. The fourth-order valence-electron chi connectivity index (χ4n) is 1.78. The van der Waals surface area contributed by atoms with E-state index >= 15 is 0 Å². The highest BCUT2D eigenvalue weighted by atomic mass is 32.2. The number of rotatable bonds is 6. The minimum atomic E-state index is 0.670. The number of hydrogen-bond donors (Lipinski definition) is 1. The average Bonchev–Trinajstić information content (AvgIpc) is 2.79. The molecule has 19 heavy (non-hydrogen) atoms. The van der Waals surface area contributed by atoms with Crippen LogP contribution < -0.4 is 10.5 Å². The molecule has 1 aromatic carbocycles. The van der Waals surface area contributed by atoms with Crippen molar-refractivity contribution in [2.45, 2.75) is 18.2 Å². The van der Waals surface area contributed by atoms with Gasteiger partial charge in [0, 0.05) is 29.6 Å². The van der Waals surface area contributed by atoms with E-state index in [-0.39, 0.29) is 0 Å². The van der Waals surface area contributed by atoms with Crippen LogP contribution in [0.25, 0.3) is 0 Å². The van der Waals surface area contributed by atoms with E-state index in [1.165, 1.54) is 5.56 Å². The van der Waals surface area contributed by atoms with Gasteiger partial charge < -0.3 is 10.5 Å². The van der Waals surface area contributed by atoms with Gasteiger partial charge >= 0.3 is 0 Å². The Kier molecular flexibility index (Phi) is 4.74. The zero-order valence-corrected chi connectivity index (χ0v) is 12.1. The van der Waals surface area contributed by atoms with Crippen LogP contribution in [0.3, 0.4) is 0 Å². The van der Waals surface area contributed by atoms with Crippen LogP contribution in [-0.2, 0) is 13.5 Å². The molecule has 0 aliphatic carbocycles. The van der Waals surface area contributed by atoms with Gasteiger partial charge in [-0.1, -0.05) is 0 Å². The number of thioether (sulfide) groups is 1. The van der Waals surface area contributed by atoms with Gasteiger partial charge in [-0.05, 0) is 37.1 Å². The van der Waals surface area contributed by atoms with Crippen molar-refractivity contribution >= 4 is 17.4 Å². The van der Waals surface area contributed by atoms with Crippen LogP contribution >= 0.6 is 11.8 Å². The highest BCUT2D eigenvalue weighted by Gasteiger charge is 2.04. The molecule has 0 atom stereocenters. The van der Waals surface area contributed by atoms with Crippen LogP contribution in [0.5, 0.6) is 5.75 Å². The predicted molar refractivity (Wildman–Crippen MR) is 79.7 cm³/mol. The number of nitrogens with zero attached hydrogens (tertiary/aromatic N) is 2. The Morgan fingerprint density at radius 1 is 1.42 bits per heavy atom. The number of nitrogen functional groups attached to an aromatic ring is 1. The smallest absolute Gasteiger partial charge is 0.120 e. The fourth-order valence-corrected chi connectivity index (χ4v) is 2.77. The summed E-state index contributed by atoms with van der Waals surface area (Å²) in [6.07, 6.45) is 4.93. The molecular weight excluding hydrogens is 258 g/mol. The molecule has 2 rings (SSSR count). The second-order valence-electron chi connectivity index (χ2n) is 4.25. The molecule has 1 heterocycles. The first-order valence-electron chi connectivity index (χ1n) is 6.31. The number of hydrogen-bond acceptors (Lipinski definition) is 4. The van der Waals surface area contributed by atoms with E-state index in [9.17, 15) is 0 Å². The van der Waals surface area contributed by atoms with E-state index in [1.807, 2.05) is 49.2 Å². The third-order valence-electron chi connectivity index (χ3n) is 2.70. The third-order valence-corrected chi connectivity index (χ3v) is 3.78. The number of anilines is 1. The minimum Gasteiger partial charge on any atom is -0.494 e. The lowest BCUT2D eigenvalue weighted by Crippen LogP contribution is -1.95. The molecule has 4 nitrogen and oxygen atoms in total. The van der Waals surface area contributed by atoms with Crippen molar-refractivity contribution in [3.8, 4) is 5.75 Å². The van der Waals surface area contributed by atoms with Gasteiger partial charge in [0.1, 0.15) is 5.75 Å². The Hall–Kier alpha value is -1.62. The quantitative estimate of drug-likeness (QED) is 0.651. The molecule has 0 aliphatic heterocycles. The number of aromatic nitrogens is 2. The first-order chi connectivity index (χ1) is 9.19. The Labute approximate surface area is 117 Å². The molecule has 0 fully saturated rings. The number of nitrogens with two attached hydrogens (primary N) is 1. The van der Waals surface area contributed by atoms with Crippen molar-refractivity contribution in [2.75, 3.05) is 18.1 Å². The van der Waals surface area contributed by atoms with Crippen molar-refractivity contribution in [3.05, 3.63) is 36.2 Å². The average molecular weight is 277 g/mol. The van der Waals surface area contributed by atoms with Crippen LogP contribution in [0, 0.1) is 0 Å². The van der Waals surface area contributed by atoms with Crippen LogP contribution in [0.15, 0.2) is 35.5 Å². The summed E-state index contributed by atoms with van der Waals surface area (Å²) in [4.78, 5) is 1.08. The maximum Gasteiger partial charge on any atom is 0.120 e. The van der Waals surface area contributed by atoms with E-state index < -0.39 is 0 Å². The first-order valence-corrected chi connectivity index (χ1v) is 7.30. The second kappa shape index (κ2) is 6.52. The molecule has 0 spiro atoms. The molecule has 0 unspecified atom stereocenters. The van der Waals surface area contributed by atoms with E-state index in [0.717, 1.165) is 28.5 Å². The van der Waals surface area contributed by atoms with Crippen molar-refractivity contribution in [2.24, 2.45) is 7.05 Å². The minimum absolute atomic E-state index is 0.670. The van der Waals surface area contributed by atoms with Crippen molar-refractivity contribution in [3.63, 3.8) is 0 Å². The molecule has 2 aromatic rings. The summed E-state index contributed by atoms with van der Waals surface area (Å²) in [5, 5.41) is 4.16. The van der Waals surface area contributed by atoms with Crippen LogP contribution in [0.4, 0.5) is 5.69 Å². The topological polar surface area (TPSA) is 53.1 Å². The highest BCUT2D eigenvalue weighted by molar-refractivity contribution is 7.99. The highest BCUT2D eigenvalue weighted by Crippen LogP contribution is 2.29. The summed E-state index contributed by atoms with van der Waals surface area (Å²) in [6.45, 7) is 2.65. The lowest BCUT2D eigenvalue weighted by molar-refractivity contribution is 0.339. The summed E-state index contributed by atoms with van der Waals surface area (Å²) < 4.78 is 7.31. The first kappa shape index (κ1) is 13.8. The molecule has 0 saturated heterocycles. The molecule has 0 radical (unpaired) electrons. The van der Waals surface area contributed by atoms with Crippen LogP contribution in [0.2, 0.25) is 0 Å². The van der Waals surface area contributed by atoms with Gasteiger partial charge in [-0.15, -0.1) is 11.8 Å². The normalized spacial score (nSPS) is 10.6. The molecule has 102 valence electrons. The fraction of sp³-hybridized carbons (Fsp3) is 0.357. The molecule has 0 bridgehead atoms. The Balaban J connectivity index is 1.93. The number of ether oxygens (including phenoxy) is 1. The molecule has 1 aromatic heterocycles. The van der Waals surface area contributed by atoms with Gasteiger partial charge in [0.25, 0.3) is 0 Å². The van der Waals surface area contributed by atoms with E-state index in [0.29, 0.717) is 6.61 Å². The third kappa shape index (κ3) is 3.92. The monoisotopic (exact) mass is 277 g/mol. The zero-order valence-electron chi connectivity index (χ0n) is 11.3. The molecular formula is C14H19N3OS. The van der Waals surface area contributed by atoms with Gasteiger partial charge in [0.15, 0.2) is 0 Å². The summed E-state index contributed by atoms with van der Waals surface area (Å²) in [5.74, 6) is 1.85. The molecule has 0 saturated carbocycles. The second-order valence-corrected chi connectivity index (χ2v) is 5.39. The van der Waals surface area contributed by atoms with E-state index in [2.05, 4.69) is 5.10 Å². The lowest BCUT2D eigenvalue weighted by Gasteiger charge is -2.08.